The lowest BCUT2D eigenvalue weighted by molar-refractivity contribution is 0.148. The smallest absolute Gasteiger partial charge is 0.252 e. The van der Waals surface area contributed by atoms with Gasteiger partial charge in [0.1, 0.15) is 4.21 Å². The third-order valence-electron chi connectivity index (χ3n) is 4.09. The Morgan fingerprint density at radius 3 is 2.43 bits per heavy atom. The standard InChI is InChI=1S/C12H18N2O4S3/c15-20(16)9-3-11(10-20)13-4-6-14(7-5-13)21(17,18)12-2-1-8-19-12/h1-2,8,11H,3-7,9-10H2. The average Bonchev–Trinajstić information content (AvgIpc) is 3.08. The van der Waals surface area contributed by atoms with Crippen molar-refractivity contribution in [1.82, 2.24) is 9.21 Å². The molecule has 0 N–H and O–H groups in total. The van der Waals surface area contributed by atoms with Crippen molar-refractivity contribution in [2.75, 3.05) is 37.7 Å². The summed E-state index contributed by atoms with van der Waals surface area (Å²) in [5.41, 5.74) is 0. The maximum absolute atomic E-state index is 12.4. The van der Waals surface area contributed by atoms with E-state index in [4.69, 9.17) is 0 Å². The highest BCUT2D eigenvalue weighted by Crippen LogP contribution is 2.24. The van der Waals surface area contributed by atoms with Crippen LogP contribution < -0.4 is 0 Å². The van der Waals surface area contributed by atoms with Crippen LogP contribution in [0.2, 0.25) is 0 Å². The highest BCUT2D eigenvalue weighted by Gasteiger charge is 2.36. The molecule has 0 amide bonds. The van der Waals surface area contributed by atoms with E-state index in [0.29, 0.717) is 36.8 Å². The monoisotopic (exact) mass is 350 g/mol. The van der Waals surface area contributed by atoms with Crippen molar-refractivity contribution in [1.29, 1.82) is 0 Å². The maximum Gasteiger partial charge on any atom is 0.252 e. The lowest BCUT2D eigenvalue weighted by Gasteiger charge is -2.36. The highest BCUT2D eigenvalue weighted by atomic mass is 32.2. The van der Waals surface area contributed by atoms with E-state index in [1.165, 1.54) is 15.6 Å². The second-order valence-corrected chi connectivity index (χ2v) is 10.8. The molecule has 9 heteroatoms. The van der Waals surface area contributed by atoms with Gasteiger partial charge in [-0.05, 0) is 17.9 Å². The van der Waals surface area contributed by atoms with Crippen LogP contribution in [-0.2, 0) is 19.9 Å². The predicted molar refractivity (Wildman–Crippen MR) is 81.7 cm³/mol. The molecule has 2 aliphatic rings. The van der Waals surface area contributed by atoms with Crippen LogP contribution in [0.1, 0.15) is 6.42 Å². The average molecular weight is 350 g/mol. The van der Waals surface area contributed by atoms with E-state index >= 15 is 0 Å². The number of sulfone groups is 1. The number of thiophene rings is 1. The van der Waals surface area contributed by atoms with Gasteiger partial charge in [-0.25, -0.2) is 16.8 Å². The number of piperazine rings is 1. The van der Waals surface area contributed by atoms with Gasteiger partial charge in [0, 0.05) is 32.2 Å². The Morgan fingerprint density at radius 2 is 1.90 bits per heavy atom. The van der Waals surface area contributed by atoms with E-state index in [1.807, 2.05) is 0 Å². The Labute approximate surface area is 129 Å². The van der Waals surface area contributed by atoms with E-state index in [-0.39, 0.29) is 17.5 Å². The SMILES string of the molecule is O=S1(=O)CCC(N2CCN(S(=O)(=O)c3cccs3)CC2)C1. The minimum atomic E-state index is -3.38. The first-order valence-electron chi connectivity index (χ1n) is 6.87. The molecule has 1 aromatic rings. The van der Waals surface area contributed by atoms with Gasteiger partial charge in [-0.3, -0.25) is 4.90 Å². The maximum atomic E-state index is 12.4. The Balaban J connectivity index is 1.64. The molecule has 118 valence electrons. The third-order valence-corrected chi connectivity index (χ3v) is 9.11. The van der Waals surface area contributed by atoms with E-state index in [1.54, 1.807) is 17.5 Å². The summed E-state index contributed by atoms with van der Waals surface area (Å²) in [6.45, 7) is 2.06. The van der Waals surface area contributed by atoms with Crippen molar-refractivity contribution >= 4 is 31.2 Å². The molecule has 1 unspecified atom stereocenters. The van der Waals surface area contributed by atoms with Crippen molar-refractivity contribution in [3.8, 4) is 0 Å². The Hall–Kier alpha value is -0.480. The van der Waals surface area contributed by atoms with Gasteiger partial charge >= 0.3 is 0 Å². The molecule has 1 atom stereocenters. The van der Waals surface area contributed by atoms with Crippen LogP contribution in [0.5, 0.6) is 0 Å². The molecule has 3 rings (SSSR count). The van der Waals surface area contributed by atoms with E-state index in [0.717, 1.165) is 0 Å². The molecule has 2 aliphatic heterocycles. The number of hydrogen-bond acceptors (Lipinski definition) is 6. The molecular weight excluding hydrogens is 332 g/mol. The molecule has 2 fully saturated rings. The summed E-state index contributed by atoms with van der Waals surface area (Å²) < 4.78 is 49.7. The van der Waals surface area contributed by atoms with Crippen molar-refractivity contribution in [3.63, 3.8) is 0 Å². The Morgan fingerprint density at radius 1 is 1.19 bits per heavy atom. The van der Waals surface area contributed by atoms with Crippen LogP contribution in [0.4, 0.5) is 0 Å². The van der Waals surface area contributed by atoms with Gasteiger partial charge in [0.05, 0.1) is 11.5 Å². The second-order valence-electron chi connectivity index (χ2n) is 5.43. The number of hydrogen-bond donors (Lipinski definition) is 0. The lowest BCUT2D eigenvalue weighted by Crippen LogP contribution is -2.52. The molecule has 1 aromatic heterocycles. The second kappa shape index (κ2) is 5.62. The summed E-state index contributed by atoms with van der Waals surface area (Å²) in [7, 11) is -6.28. The van der Waals surface area contributed by atoms with Gasteiger partial charge in [0.15, 0.2) is 9.84 Å². The van der Waals surface area contributed by atoms with Crippen molar-refractivity contribution in [2.24, 2.45) is 0 Å². The quantitative estimate of drug-likeness (QED) is 0.781. The van der Waals surface area contributed by atoms with Gasteiger partial charge < -0.3 is 0 Å². The molecule has 0 bridgehead atoms. The van der Waals surface area contributed by atoms with Crippen molar-refractivity contribution in [2.45, 2.75) is 16.7 Å². The first-order valence-corrected chi connectivity index (χ1v) is 11.0. The first kappa shape index (κ1) is 15.4. The van der Waals surface area contributed by atoms with Gasteiger partial charge in [-0.15, -0.1) is 11.3 Å². The van der Waals surface area contributed by atoms with E-state index < -0.39 is 19.9 Å². The molecule has 21 heavy (non-hydrogen) atoms. The van der Waals surface area contributed by atoms with Gasteiger partial charge in [0.25, 0.3) is 10.0 Å². The van der Waals surface area contributed by atoms with Crippen LogP contribution in [0.3, 0.4) is 0 Å². The Kier molecular flexibility index (Phi) is 4.12. The van der Waals surface area contributed by atoms with Crippen LogP contribution >= 0.6 is 11.3 Å². The highest BCUT2D eigenvalue weighted by molar-refractivity contribution is 7.91. The first-order chi connectivity index (χ1) is 9.88. The zero-order valence-electron chi connectivity index (χ0n) is 11.5. The van der Waals surface area contributed by atoms with E-state index in [9.17, 15) is 16.8 Å². The molecule has 6 nitrogen and oxygen atoms in total. The van der Waals surface area contributed by atoms with Crippen molar-refractivity contribution in [3.05, 3.63) is 17.5 Å². The van der Waals surface area contributed by atoms with Crippen LogP contribution in [0.15, 0.2) is 21.7 Å². The normalized spacial score (nSPS) is 27.9. The third kappa shape index (κ3) is 3.16. The predicted octanol–water partition coefficient (Wildman–Crippen LogP) is 0.242. The summed E-state index contributed by atoms with van der Waals surface area (Å²) in [4.78, 5) is 2.12. The van der Waals surface area contributed by atoms with Gasteiger partial charge in [-0.2, -0.15) is 4.31 Å². The molecule has 0 radical (unpaired) electrons. The minimum Gasteiger partial charge on any atom is -0.297 e. The molecule has 0 spiro atoms. The minimum absolute atomic E-state index is 0.0570. The van der Waals surface area contributed by atoms with Crippen LogP contribution in [0, 0.1) is 0 Å². The molecule has 0 saturated carbocycles. The lowest BCUT2D eigenvalue weighted by atomic mass is 10.2. The summed E-state index contributed by atoms with van der Waals surface area (Å²) in [5.74, 6) is 0.468. The molecule has 2 saturated heterocycles. The van der Waals surface area contributed by atoms with E-state index in [2.05, 4.69) is 4.90 Å². The zero-order chi connectivity index (χ0) is 15.1. The van der Waals surface area contributed by atoms with Crippen molar-refractivity contribution < 1.29 is 16.8 Å². The Bertz CT molecular complexity index is 689. The number of rotatable bonds is 3. The molecular formula is C12H18N2O4S3. The number of sulfonamides is 1. The summed E-state index contributed by atoms with van der Waals surface area (Å²) >= 11 is 1.23. The molecule has 0 aromatic carbocycles. The fourth-order valence-corrected chi connectivity index (χ4v) is 7.24. The zero-order valence-corrected chi connectivity index (χ0v) is 14.0. The summed E-state index contributed by atoms with van der Waals surface area (Å²) in [6.07, 6.45) is 0.667. The van der Waals surface area contributed by atoms with Gasteiger partial charge in [0.2, 0.25) is 0 Å². The molecule has 3 heterocycles. The largest absolute Gasteiger partial charge is 0.297 e. The summed E-state index contributed by atoms with van der Waals surface area (Å²) in [6, 6.07) is 3.41. The van der Waals surface area contributed by atoms with Crippen LogP contribution in [-0.4, -0.2) is 69.8 Å². The number of nitrogens with zero attached hydrogens (tertiary/aromatic N) is 2. The fourth-order valence-electron chi connectivity index (χ4n) is 2.91. The molecule has 0 aliphatic carbocycles. The topological polar surface area (TPSA) is 74.8 Å². The fraction of sp³-hybridized carbons (Fsp3) is 0.667. The summed E-state index contributed by atoms with van der Waals surface area (Å²) in [5, 5.41) is 1.76. The van der Waals surface area contributed by atoms with Crippen LogP contribution in [0.25, 0.3) is 0 Å². The van der Waals surface area contributed by atoms with Gasteiger partial charge in [-0.1, -0.05) is 6.07 Å².